The molecule has 1 aliphatic rings. The molecule has 1 saturated carbocycles. The molecule has 1 aromatic carbocycles. The molecule has 0 bridgehead atoms. The molecule has 4 nitrogen and oxygen atoms in total. The fourth-order valence-corrected chi connectivity index (χ4v) is 4.35. The van der Waals surface area contributed by atoms with Gasteiger partial charge in [-0.3, -0.25) is 0 Å². The van der Waals surface area contributed by atoms with Crippen molar-refractivity contribution in [2.75, 3.05) is 0 Å². The number of hydrogen-bond acceptors (Lipinski definition) is 3. The third-order valence-corrected chi connectivity index (χ3v) is 5.78. The minimum atomic E-state index is -3.60. The maximum absolute atomic E-state index is 12.5. The molecule has 2 rings (SSSR count). The van der Waals surface area contributed by atoms with E-state index in [-0.39, 0.29) is 9.88 Å². The summed E-state index contributed by atoms with van der Waals surface area (Å²) in [5, 5.41) is 0. The number of aryl methyl sites for hydroxylation is 1. The predicted molar refractivity (Wildman–Crippen MR) is 84.1 cm³/mol. The zero-order valence-electron chi connectivity index (χ0n) is 11.6. The monoisotopic (exact) mass is 312 g/mol. The summed E-state index contributed by atoms with van der Waals surface area (Å²) in [6.07, 6.45) is 4.32. The van der Waals surface area contributed by atoms with Crippen molar-refractivity contribution in [3.63, 3.8) is 0 Å². The second kappa shape index (κ2) is 5.79. The van der Waals surface area contributed by atoms with Gasteiger partial charge in [-0.2, -0.15) is 4.72 Å². The van der Waals surface area contributed by atoms with Crippen molar-refractivity contribution in [3.05, 3.63) is 29.8 Å². The van der Waals surface area contributed by atoms with Crippen molar-refractivity contribution >= 4 is 27.2 Å². The van der Waals surface area contributed by atoms with Gasteiger partial charge in [-0.25, -0.2) is 8.42 Å². The minimum absolute atomic E-state index is 0.243. The summed E-state index contributed by atoms with van der Waals surface area (Å²) >= 11 is 5.12. The van der Waals surface area contributed by atoms with Gasteiger partial charge < -0.3 is 5.73 Å². The van der Waals surface area contributed by atoms with Gasteiger partial charge in [0.1, 0.15) is 0 Å². The van der Waals surface area contributed by atoms with E-state index in [9.17, 15) is 8.42 Å². The van der Waals surface area contributed by atoms with Crippen LogP contribution in [0.1, 0.15) is 37.7 Å². The maximum atomic E-state index is 12.5. The Hall–Kier alpha value is -0.980. The lowest BCUT2D eigenvalue weighted by Crippen LogP contribution is -2.57. The Bertz CT molecular complexity index is 588. The van der Waals surface area contributed by atoms with Crippen molar-refractivity contribution in [3.8, 4) is 0 Å². The SMILES string of the molecule is Cc1ccc(S(=O)(=O)NC2(C(N)=S)CCCCC2)cc1. The van der Waals surface area contributed by atoms with Crippen molar-refractivity contribution in [1.29, 1.82) is 0 Å². The van der Waals surface area contributed by atoms with Crippen LogP contribution in [0.3, 0.4) is 0 Å². The first kappa shape index (κ1) is 15.4. The number of nitrogens with two attached hydrogens (primary N) is 1. The molecule has 6 heteroatoms. The number of nitrogens with one attached hydrogen (secondary N) is 1. The maximum Gasteiger partial charge on any atom is 0.241 e. The van der Waals surface area contributed by atoms with Crippen LogP contribution in [0.25, 0.3) is 0 Å². The largest absolute Gasteiger partial charge is 0.392 e. The number of benzene rings is 1. The number of thiocarbonyl (C=S) groups is 1. The van der Waals surface area contributed by atoms with Crippen LogP contribution < -0.4 is 10.5 Å². The van der Waals surface area contributed by atoms with Crippen LogP contribution in [0, 0.1) is 6.92 Å². The molecule has 3 N–H and O–H groups in total. The Labute approximate surface area is 125 Å². The van der Waals surface area contributed by atoms with E-state index in [2.05, 4.69) is 4.72 Å². The second-order valence-corrected chi connectivity index (χ2v) is 7.55. The number of sulfonamides is 1. The molecule has 0 aliphatic heterocycles. The smallest absolute Gasteiger partial charge is 0.241 e. The summed E-state index contributed by atoms with van der Waals surface area (Å²) in [4.78, 5) is 0.497. The Kier molecular flexibility index (Phi) is 4.46. The number of hydrogen-bond donors (Lipinski definition) is 2. The highest BCUT2D eigenvalue weighted by atomic mass is 32.2. The van der Waals surface area contributed by atoms with Gasteiger partial charge in [0.25, 0.3) is 0 Å². The van der Waals surface area contributed by atoms with E-state index in [1.165, 1.54) is 0 Å². The number of rotatable bonds is 4. The molecular weight excluding hydrogens is 292 g/mol. The zero-order valence-corrected chi connectivity index (χ0v) is 13.2. The van der Waals surface area contributed by atoms with Crippen molar-refractivity contribution in [1.82, 2.24) is 4.72 Å². The molecule has 1 aliphatic carbocycles. The summed E-state index contributed by atoms with van der Waals surface area (Å²) in [7, 11) is -3.60. The molecule has 0 aromatic heterocycles. The van der Waals surface area contributed by atoms with Gasteiger partial charge in [0.05, 0.1) is 15.4 Å². The first-order chi connectivity index (χ1) is 9.36. The van der Waals surface area contributed by atoms with Gasteiger partial charge >= 0.3 is 0 Å². The Morgan fingerprint density at radius 3 is 2.25 bits per heavy atom. The van der Waals surface area contributed by atoms with Crippen molar-refractivity contribution in [2.24, 2.45) is 5.73 Å². The molecule has 0 unspecified atom stereocenters. The first-order valence-electron chi connectivity index (χ1n) is 6.76. The summed E-state index contributed by atoms with van der Waals surface area (Å²) < 4.78 is 27.7. The molecule has 1 fully saturated rings. The molecule has 0 radical (unpaired) electrons. The topological polar surface area (TPSA) is 72.2 Å². The Morgan fingerprint density at radius 1 is 1.20 bits per heavy atom. The van der Waals surface area contributed by atoms with Crippen molar-refractivity contribution in [2.45, 2.75) is 49.5 Å². The van der Waals surface area contributed by atoms with Crippen LogP contribution in [0.5, 0.6) is 0 Å². The normalized spacial score (nSPS) is 18.6. The van der Waals surface area contributed by atoms with Crippen LogP contribution in [0.4, 0.5) is 0 Å². The molecule has 110 valence electrons. The Balaban J connectivity index is 2.30. The summed E-state index contributed by atoms with van der Waals surface area (Å²) in [5.74, 6) is 0. The highest BCUT2D eigenvalue weighted by Gasteiger charge is 2.39. The third-order valence-electron chi connectivity index (χ3n) is 3.84. The van der Waals surface area contributed by atoms with Crippen LogP contribution in [-0.4, -0.2) is 18.9 Å². The summed E-state index contributed by atoms with van der Waals surface area (Å²) in [5.41, 5.74) is 6.07. The third kappa shape index (κ3) is 3.19. The lowest BCUT2D eigenvalue weighted by Gasteiger charge is -2.36. The molecule has 0 amide bonds. The molecule has 0 heterocycles. The summed E-state index contributed by atoms with van der Waals surface area (Å²) in [6.45, 7) is 1.92. The minimum Gasteiger partial charge on any atom is -0.392 e. The quantitative estimate of drug-likeness (QED) is 0.837. The molecule has 0 atom stereocenters. The lowest BCUT2D eigenvalue weighted by atomic mass is 9.82. The van der Waals surface area contributed by atoms with Crippen LogP contribution in [-0.2, 0) is 10.0 Å². The average molecular weight is 312 g/mol. The standard InChI is InChI=1S/C14H20N2O2S2/c1-11-5-7-12(8-6-11)20(17,18)16-14(13(15)19)9-3-2-4-10-14/h5-8,16H,2-4,9-10H2,1H3,(H2,15,19). The van der Waals surface area contributed by atoms with Gasteiger partial charge in [-0.15, -0.1) is 0 Å². The van der Waals surface area contributed by atoms with E-state index in [1.807, 2.05) is 6.92 Å². The highest BCUT2D eigenvalue weighted by Crippen LogP contribution is 2.30. The van der Waals surface area contributed by atoms with Gasteiger partial charge in [-0.1, -0.05) is 49.2 Å². The van der Waals surface area contributed by atoms with Crippen molar-refractivity contribution < 1.29 is 8.42 Å². The molecule has 1 aromatic rings. The lowest BCUT2D eigenvalue weighted by molar-refractivity contribution is 0.353. The predicted octanol–water partition coefficient (Wildman–Crippen LogP) is 2.26. The van der Waals surface area contributed by atoms with Gasteiger partial charge in [0.15, 0.2) is 0 Å². The summed E-state index contributed by atoms with van der Waals surface area (Å²) in [6, 6.07) is 6.77. The molecule has 0 spiro atoms. The molecule has 0 saturated heterocycles. The highest BCUT2D eigenvalue weighted by molar-refractivity contribution is 7.89. The van der Waals surface area contributed by atoms with Crippen LogP contribution in [0.2, 0.25) is 0 Å². The van der Waals surface area contributed by atoms with Crippen LogP contribution in [0.15, 0.2) is 29.2 Å². The first-order valence-corrected chi connectivity index (χ1v) is 8.65. The van der Waals surface area contributed by atoms with Gasteiger partial charge in [0, 0.05) is 0 Å². The average Bonchev–Trinajstić information content (AvgIpc) is 2.39. The van der Waals surface area contributed by atoms with Gasteiger partial charge in [-0.05, 0) is 31.9 Å². The fourth-order valence-electron chi connectivity index (χ4n) is 2.59. The van der Waals surface area contributed by atoms with E-state index < -0.39 is 15.6 Å². The molecular formula is C14H20N2O2S2. The zero-order chi connectivity index (χ0) is 14.8. The van der Waals surface area contributed by atoms with E-state index in [0.29, 0.717) is 12.8 Å². The van der Waals surface area contributed by atoms with E-state index in [1.54, 1.807) is 24.3 Å². The second-order valence-electron chi connectivity index (χ2n) is 5.43. The molecule has 20 heavy (non-hydrogen) atoms. The van der Waals surface area contributed by atoms with E-state index in [4.69, 9.17) is 18.0 Å². The fraction of sp³-hybridized carbons (Fsp3) is 0.500. The van der Waals surface area contributed by atoms with E-state index in [0.717, 1.165) is 24.8 Å². The van der Waals surface area contributed by atoms with E-state index >= 15 is 0 Å². The Morgan fingerprint density at radius 2 is 1.75 bits per heavy atom. The van der Waals surface area contributed by atoms with Crippen LogP contribution >= 0.6 is 12.2 Å². The van der Waals surface area contributed by atoms with Gasteiger partial charge in [0.2, 0.25) is 10.0 Å².